The highest BCUT2D eigenvalue weighted by Gasteiger charge is 2.45. The molecule has 0 fully saturated rings. The van der Waals surface area contributed by atoms with Gasteiger partial charge in [0.2, 0.25) is 0 Å². The van der Waals surface area contributed by atoms with Crippen molar-refractivity contribution < 1.29 is 29.3 Å². The fraction of sp³-hybridized carbons (Fsp3) is 0.174. The molecule has 0 radical (unpaired) electrons. The number of fused-ring (bicyclic) bond motifs is 2. The van der Waals surface area contributed by atoms with E-state index in [1.165, 1.54) is 18.2 Å². The van der Waals surface area contributed by atoms with Crippen LogP contribution in [0.25, 0.3) is 0 Å². The number of aliphatic hydroxyl groups excluding tert-OH is 1. The predicted molar refractivity (Wildman–Crippen MR) is 104 cm³/mol. The Labute approximate surface area is 166 Å². The zero-order valence-corrected chi connectivity index (χ0v) is 15.6. The van der Waals surface area contributed by atoms with E-state index < -0.39 is 29.2 Å². The first-order valence-corrected chi connectivity index (χ1v) is 9.12. The number of allylic oxidation sites excluding steroid dienone is 4. The lowest BCUT2D eigenvalue weighted by atomic mass is 9.70. The SMILES string of the molecule is CC1=CC2C(=O)c3cc(OCC(=O)c4ccccc4)cc(O)c3C(=O)C2C(O)=C1. The molecule has 2 aliphatic rings. The summed E-state index contributed by atoms with van der Waals surface area (Å²) in [4.78, 5) is 38.1. The summed E-state index contributed by atoms with van der Waals surface area (Å²) in [6.45, 7) is 1.45. The Morgan fingerprint density at radius 1 is 1.07 bits per heavy atom. The van der Waals surface area contributed by atoms with Crippen LogP contribution in [0.15, 0.2) is 65.9 Å². The Kier molecular flexibility index (Phi) is 4.54. The summed E-state index contributed by atoms with van der Waals surface area (Å²) in [6.07, 6.45) is 3.08. The first-order chi connectivity index (χ1) is 13.9. The van der Waals surface area contributed by atoms with E-state index in [-0.39, 0.29) is 35.0 Å². The lowest BCUT2D eigenvalue weighted by Gasteiger charge is -2.31. The standard InChI is InChI=1S/C23H18O6/c1-12-7-15-20(17(24)8-12)23(28)21-16(22(15)27)9-14(10-18(21)25)29-11-19(26)13-5-3-2-4-6-13/h2-10,15,20,24-25H,11H2,1H3. The molecule has 4 rings (SSSR count). The fourth-order valence-corrected chi connectivity index (χ4v) is 3.79. The minimum Gasteiger partial charge on any atom is -0.511 e. The molecule has 2 aliphatic carbocycles. The van der Waals surface area contributed by atoms with Gasteiger partial charge in [0.15, 0.2) is 24.0 Å². The zero-order chi connectivity index (χ0) is 20.7. The van der Waals surface area contributed by atoms with E-state index >= 15 is 0 Å². The van der Waals surface area contributed by atoms with Gasteiger partial charge >= 0.3 is 0 Å². The summed E-state index contributed by atoms with van der Waals surface area (Å²) in [6, 6.07) is 11.2. The average Bonchev–Trinajstić information content (AvgIpc) is 2.70. The van der Waals surface area contributed by atoms with Crippen molar-refractivity contribution in [1.29, 1.82) is 0 Å². The number of carbonyl (C=O) groups excluding carboxylic acids is 3. The zero-order valence-electron chi connectivity index (χ0n) is 15.6. The van der Waals surface area contributed by atoms with Gasteiger partial charge in [0.05, 0.1) is 17.4 Å². The van der Waals surface area contributed by atoms with Crippen molar-refractivity contribution in [2.24, 2.45) is 11.8 Å². The number of ketones is 3. The molecule has 0 aliphatic heterocycles. The summed E-state index contributed by atoms with van der Waals surface area (Å²) in [5.74, 6) is -3.53. The number of hydrogen-bond donors (Lipinski definition) is 2. The molecule has 0 heterocycles. The van der Waals surface area contributed by atoms with Crippen LogP contribution in [0, 0.1) is 11.8 Å². The monoisotopic (exact) mass is 390 g/mol. The molecule has 6 nitrogen and oxygen atoms in total. The van der Waals surface area contributed by atoms with Crippen LogP contribution in [0.3, 0.4) is 0 Å². The summed E-state index contributed by atoms with van der Waals surface area (Å²) in [5, 5.41) is 20.6. The van der Waals surface area contributed by atoms with Crippen molar-refractivity contribution in [2.45, 2.75) is 6.92 Å². The largest absolute Gasteiger partial charge is 0.511 e. The minimum atomic E-state index is -1.03. The topological polar surface area (TPSA) is 101 Å². The lowest BCUT2D eigenvalue weighted by molar-refractivity contribution is 0.0754. The van der Waals surface area contributed by atoms with Crippen LogP contribution in [0.4, 0.5) is 0 Å². The molecule has 0 amide bonds. The molecular weight excluding hydrogens is 372 g/mol. The third-order valence-corrected chi connectivity index (χ3v) is 5.15. The van der Waals surface area contributed by atoms with Gasteiger partial charge in [-0.1, -0.05) is 42.0 Å². The van der Waals surface area contributed by atoms with E-state index in [9.17, 15) is 24.6 Å². The molecule has 2 atom stereocenters. The molecule has 2 aromatic rings. The molecule has 0 bridgehead atoms. The third kappa shape index (κ3) is 3.23. The maximum Gasteiger partial charge on any atom is 0.200 e. The number of aromatic hydroxyl groups is 1. The molecule has 0 aromatic heterocycles. The van der Waals surface area contributed by atoms with Crippen molar-refractivity contribution in [3.05, 3.63) is 82.6 Å². The first kappa shape index (κ1) is 18.7. The van der Waals surface area contributed by atoms with Crippen molar-refractivity contribution in [3.63, 3.8) is 0 Å². The second-order valence-corrected chi connectivity index (χ2v) is 7.15. The Bertz CT molecular complexity index is 1090. The number of benzene rings is 2. The van der Waals surface area contributed by atoms with Crippen LogP contribution in [0.5, 0.6) is 11.5 Å². The third-order valence-electron chi connectivity index (χ3n) is 5.15. The maximum absolute atomic E-state index is 13.0. The average molecular weight is 390 g/mol. The fourth-order valence-electron chi connectivity index (χ4n) is 3.79. The predicted octanol–water partition coefficient (Wildman–Crippen LogP) is 3.67. The molecule has 0 saturated carbocycles. The summed E-state index contributed by atoms with van der Waals surface area (Å²) in [7, 11) is 0. The Balaban J connectivity index is 1.65. The van der Waals surface area contributed by atoms with Crippen LogP contribution in [0.2, 0.25) is 0 Å². The Morgan fingerprint density at radius 3 is 2.52 bits per heavy atom. The van der Waals surface area contributed by atoms with Gasteiger partial charge in [-0.25, -0.2) is 0 Å². The van der Waals surface area contributed by atoms with Crippen molar-refractivity contribution in [2.75, 3.05) is 6.61 Å². The van der Waals surface area contributed by atoms with Gasteiger partial charge in [-0.05, 0) is 19.1 Å². The van der Waals surface area contributed by atoms with Gasteiger partial charge in [0.1, 0.15) is 17.3 Å². The molecule has 2 aromatic carbocycles. The van der Waals surface area contributed by atoms with Gasteiger partial charge in [-0.3, -0.25) is 14.4 Å². The first-order valence-electron chi connectivity index (χ1n) is 9.12. The summed E-state index contributed by atoms with van der Waals surface area (Å²) in [5.41, 5.74) is 1.05. The van der Waals surface area contributed by atoms with E-state index in [1.54, 1.807) is 43.3 Å². The Morgan fingerprint density at radius 2 is 1.79 bits per heavy atom. The van der Waals surface area contributed by atoms with E-state index in [4.69, 9.17) is 4.74 Å². The Hall–Kier alpha value is -3.67. The molecule has 6 heteroatoms. The molecule has 0 saturated heterocycles. The van der Waals surface area contributed by atoms with Crippen LogP contribution in [-0.2, 0) is 0 Å². The number of phenolic OH excluding ortho intramolecular Hbond substituents is 1. The van der Waals surface area contributed by atoms with E-state index in [0.29, 0.717) is 11.1 Å². The van der Waals surface area contributed by atoms with E-state index in [1.807, 2.05) is 0 Å². The number of aliphatic hydroxyl groups is 1. The second-order valence-electron chi connectivity index (χ2n) is 7.15. The summed E-state index contributed by atoms with van der Waals surface area (Å²) >= 11 is 0. The molecular formula is C23H18O6. The van der Waals surface area contributed by atoms with E-state index in [2.05, 4.69) is 0 Å². The molecule has 29 heavy (non-hydrogen) atoms. The number of Topliss-reactive ketones (excluding diaryl/α,β-unsaturated/α-hetero) is 3. The maximum atomic E-state index is 13.0. The van der Waals surface area contributed by atoms with Crippen molar-refractivity contribution >= 4 is 17.3 Å². The normalized spacial score (nSPS) is 20.3. The van der Waals surface area contributed by atoms with Gasteiger partial charge in [-0.2, -0.15) is 0 Å². The van der Waals surface area contributed by atoms with Gasteiger partial charge in [0.25, 0.3) is 0 Å². The molecule has 2 unspecified atom stereocenters. The highest BCUT2D eigenvalue weighted by molar-refractivity contribution is 6.19. The second kappa shape index (κ2) is 7.05. The van der Waals surface area contributed by atoms with Crippen molar-refractivity contribution in [1.82, 2.24) is 0 Å². The minimum absolute atomic E-state index is 0.0251. The van der Waals surface area contributed by atoms with Crippen LogP contribution >= 0.6 is 0 Å². The number of ether oxygens (including phenoxy) is 1. The van der Waals surface area contributed by atoms with E-state index in [0.717, 1.165) is 0 Å². The van der Waals surface area contributed by atoms with Crippen LogP contribution < -0.4 is 4.74 Å². The molecule has 146 valence electrons. The highest BCUT2D eigenvalue weighted by atomic mass is 16.5. The number of hydrogen-bond acceptors (Lipinski definition) is 6. The van der Waals surface area contributed by atoms with Crippen LogP contribution in [0.1, 0.15) is 38.0 Å². The van der Waals surface area contributed by atoms with Gasteiger partial charge in [-0.15, -0.1) is 0 Å². The number of rotatable bonds is 4. The number of phenols is 1. The molecule has 0 spiro atoms. The van der Waals surface area contributed by atoms with Crippen molar-refractivity contribution in [3.8, 4) is 11.5 Å². The quantitative estimate of drug-likeness (QED) is 0.773. The molecule has 2 N–H and O–H groups in total. The lowest BCUT2D eigenvalue weighted by Crippen LogP contribution is -2.38. The van der Waals surface area contributed by atoms with Crippen LogP contribution in [-0.4, -0.2) is 34.2 Å². The summed E-state index contributed by atoms with van der Waals surface area (Å²) < 4.78 is 5.48. The highest BCUT2D eigenvalue weighted by Crippen LogP contribution is 2.42. The van der Waals surface area contributed by atoms with Gasteiger partial charge < -0.3 is 14.9 Å². The smallest absolute Gasteiger partial charge is 0.200 e. The number of carbonyl (C=O) groups is 3. The van der Waals surface area contributed by atoms with Gasteiger partial charge in [0, 0.05) is 17.2 Å².